The zero-order valence-corrected chi connectivity index (χ0v) is 12.5. The van der Waals surface area contributed by atoms with Crippen molar-refractivity contribution in [1.29, 1.82) is 0 Å². The molecule has 1 atom stereocenters. The zero-order valence-electron chi connectivity index (χ0n) is 12.5. The van der Waals surface area contributed by atoms with Crippen LogP contribution in [-0.4, -0.2) is 31.2 Å². The highest BCUT2D eigenvalue weighted by atomic mass is 16.5. The van der Waals surface area contributed by atoms with Gasteiger partial charge >= 0.3 is 5.97 Å². The van der Waals surface area contributed by atoms with E-state index in [1.54, 1.807) is 18.2 Å². The Morgan fingerprint density at radius 1 is 1.29 bits per heavy atom. The fourth-order valence-electron chi connectivity index (χ4n) is 2.01. The van der Waals surface area contributed by atoms with E-state index in [0.29, 0.717) is 29.9 Å². The van der Waals surface area contributed by atoms with E-state index < -0.39 is 12.0 Å². The Balaban J connectivity index is 3.06. The largest absolute Gasteiger partial charge is 0.497 e. The van der Waals surface area contributed by atoms with Gasteiger partial charge in [-0.2, -0.15) is 0 Å². The number of aliphatic carboxylic acids is 1. The molecule has 0 heterocycles. The Kier molecular flexibility index (Phi) is 6.52. The van der Waals surface area contributed by atoms with Gasteiger partial charge in [-0.05, 0) is 18.6 Å². The Morgan fingerprint density at radius 2 is 2.00 bits per heavy atom. The lowest BCUT2D eigenvalue weighted by atomic mass is 10.0. The number of carbonyl (C=O) groups excluding carboxylic acids is 1. The molecule has 116 valence electrons. The molecule has 6 heteroatoms. The summed E-state index contributed by atoms with van der Waals surface area (Å²) in [5.74, 6) is -0.0850. The highest BCUT2D eigenvalue weighted by Gasteiger charge is 2.21. The number of carboxylic acids is 1. The van der Waals surface area contributed by atoms with E-state index in [0.717, 1.165) is 0 Å². The third-order valence-electron chi connectivity index (χ3n) is 3.01. The van der Waals surface area contributed by atoms with Crippen molar-refractivity contribution in [3.63, 3.8) is 0 Å². The molecule has 0 aromatic heterocycles. The van der Waals surface area contributed by atoms with Crippen LogP contribution in [0.3, 0.4) is 0 Å². The van der Waals surface area contributed by atoms with Crippen molar-refractivity contribution in [3.05, 3.63) is 23.8 Å². The maximum Gasteiger partial charge on any atom is 0.305 e. The second-order valence-corrected chi connectivity index (χ2v) is 4.58. The van der Waals surface area contributed by atoms with E-state index in [1.807, 2.05) is 6.92 Å². The fraction of sp³-hybridized carbons (Fsp3) is 0.467. The summed E-state index contributed by atoms with van der Waals surface area (Å²) in [7, 11) is 3.02. The first-order valence-corrected chi connectivity index (χ1v) is 6.74. The minimum Gasteiger partial charge on any atom is -0.497 e. The molecule has 0 aliphatic carbocycles. The number of hydrogen-bond donors (Lipinski definition) is 2. The quantitative estimate of drug-likeness (QED) is 0.767. The molecule has 0 saturated carbocycles. The summed E-state index contributed by atoms with van der Waals surface area (Å²) < 4.78 is 10.4. The summed E-state index contributed by atoms with van der Waals surface area (Å²) in [5.41, 5.74) is 0.616. The van der Waals surface area contributed by atoms with Crippen molar-refractivity contribution >= 4 is 11.9 Å². The molecule has 21 heavy (non-hydrogen) atoms. The Bertz CT molecular complexity index is 501. The normalized spacial score (nSPS) is 11.6. The highest BCUT2D eigenvalue weighted by molar-refractivity contribution is 5.78. The Morgan fingerprint density at radius 3 is 2.52 bits per heavy atom. The van der Waals surface area contributed by atoms with Crippen LogP contribution < -0.4 is 14.8 Å². The van der Waals surface area contributed by atoms with Crippen LogP contribution in [0.5, 0.6) is 11.5 Å². The van der Waals surface area contributed by atoms with Gasteiger partial charge in [-0.3, -0.25) is 9.59 Å². The first kappa shape index (κ1) is 16.8. The predicted molar refractivity (Wildman–Crippen MR) is 77.6 cm³/mol. The minimum absolute atomic E-state index is 0.179. The summed E-state index contributed by atoms with van der Waals surface area (Å²) in [6.45, 7) is 1.89. The number of benzene rings is 1. The predicted octanol–water partition coefficient (Wildman–Crippen LogP) is 2.14. The topological polar surface area (TPSA) is 84.9 Å². The number of ether oxygens (including phenoxy) is 2. The maximum atomic E-state index is 11.8. The summed E-state index contributed by atoms with van der Waals surface area (Å²) in [4.78, 5) is 22.8. The van der Waals surface area contributed by atoms with Gasteiger partial charge in [0.05, 0.1) is 26.7 Å². The van der Waals surface area contributed by atoms with Crippen molar-refractivity contribution in [3.8, 4) is 11.5 Å². The van der Waals surface area contributed by atoms with Gasteiger partial charge in [-0.1, -0.05) is 6.92 Å². The molecule has 1 rings (SSSR count). The molecule has 0 spiro atoms. The number of carboxylic acid groups (broad SMARTS) is 1. The van der Waals surface area contributed by atoms with Crippen molar-refractivity contribution in [2.24, 2.45) is 0 Å². The summed E-state index contributed by atoms with van der Waals surface area (Å²) in [5, 5.41) is 11.8. The van der Waals surface area contributed by atoms with Crippen LogP contribution in [0, 0.1) is 0 Å². The van der Waals surface area contributed by atoms with Gasteiger partial charge in [0, 0.05) is 18.1 Å². The Hall–Kier alpha value is -2.24. The van der Waals surface area contributed by atoms with Gasteiger partial charge in [0.1, 0.15) is 11.5 Å². The standard InChI is InChI=1S/C15H21NO5/c1-4-5-14(17)16-12(9-15(18)19)11-7-6-10(20-2)8-13(11)21-3/h6-8,12H,4-5,9H2,1-3H3,(H,16,17)(H,18,19). The van der Waals surface area contributed by atoms with Gasteiger partial charge < -0.3 is 19.9 Å². The van der Waals surface area contributed by atoms with Gasteiger partial charge in [0.15, 0.2) is 0 Å². The number of methoxy groups -OCH3 is 2. The van der Waals surface area contributed by atoms with Gasteiger partial charge in [-0.25, -0.2) is 0 Å². The lowest BCUT2D eigenvalue weighted by molar-refractivity contribution is -0.137. The molecule has 0 radical (unpaired) electrons. The average molecular weight is 295 g/mol. The molecule has 0 fully saturated rings. The molecule has 0 aliphatic heterocycles. The lowest BCUT2D eigenvalue weighted by Gasteiger charge is -2.20. The van der Waals surface area contributed by atoms with E-state index in [2.05, 4.69) is 5.32 Å². The zero-order chi connectivity index (χ0) is 15.8. The smallest absolute Gasteiger partial charge is 0.305 e. The first-order chi connectivity index (χ1) is 10.0. The van der Waals surface area contributed by atoms with Crippen LogP contribution in [0.15, 0.2) is 18.2 Å². The molecular formula is C15H21NO5. The van der Waals surface area contributed by atoms with Crippen molar-refractivity contribution in [2.45, 2.75) is 32.2 Å². The van der Waals surface area contributed by atoms with E-state index in [1.165, 1.54) is 14.2 Å². The van der Waals surface area contributed by atoms with Crippen molar-refractivity contribution in [1.82, 2.24) is 5.32 Å². The van der Waals surface area contributed by atoms with Gasteiger partial charge in [0.25, 0.3) is 0 Å². The van der Waals surface area contributed by atoms with Crippen LogP contribution in [-0.2, 0) is 9.59 Å². The van der Waals surface area contributed by atoms with Gasteiger partial charge in [-0.15, -0.1) is 0 Å². The number of hydrogen-bond acceptors (Lipinski definition) is 4. The summed E-state index contributed by atoms with van der Waals surface area (Å²) >= 11 is 0. The molecule has 1 aromatic rings. The summed E-state index contributed by atoms with van der Waals surface area (Å²) in [6, 6.07) is 4.44. The van der Waals surface area contributed by atoms with Crippen molar-refractivity contribution < 1.29 is 24.2 Å². The van der Waals surface area contributed by atoms with Crippen LogP contribution in [0.2, 0.25) is 0 Å². The van der Waals surface area contributed by atoms with Crippen molar-refractivity contribution in [2.75, 3.05) is 14.2 Å². The molecular weight excluding hydrogens is 274 g/mol. The molecule has 1 aromatic carbocycles. The van der Waals surface area contributed by atoms with E-state index in [-0.39, 0.29) is 12.3 Å². The van der Waals surface area contributed by atoms with E-state index in [4.69, 9.17) is 14.6 Å². The molecule has 0 saturated heterocycles. The number of carbonyl (C=O) groups is 2. The number of rotatable bonds is 8. The fourth-order valence-corrected chi connectivity index (χ4v) is 2.01. The molecule has 1 amide bonds. The van der Waals surface area contributed by atoms with Crippen LogP contribution in [0.4, 0.5) is 0 Å². The van der Waals surface area contributed by atoms with Crippen LogP contribution in [0.25, 0.3) is 0 Å². The Labute approximate surface area is 124 Å². The second kappa shape index (κ2) is 8.14. The SMILES string of the molecule is CCCC(=O)NC(CC(=O)O)c1ccc(OC)cc1OC. The highest BCUT2D eigenvalue weighted by Crippen LogP contribution is 2.31. The van der Waals surface area contributed by atoms with E-state index in [9.17, 15) is 9.59 Å². The molecule has 1 unspecified atom stereocenters. The molecule has 0 aliphatic rings. The third kappa shape index (κ3) is 4.98. The van der Waals surface area contributed by atoms with E-state index >= 15 is 0 Å². The molecule has 6 nitrogen and oxygen atoms in total. The minimum atomic E-state index is -0.991. The molecule has 0 bridgehead atoms. The maximum absolute atomic E-state index is 11.8. The monoisotopic (exact) mass is 295 g/mol. The van der Waals surface area contributed by atoms with Crippen LogP contribution >= 0.6 is 0 Å². The number of nitrogens with one attached hydrogen (secondary N) is 1. The van der Waals surface area contributed by atoms with Gasteiger partial charge in [0.2, 0.25) is 5.91 Å². The second-order valence-electron chi connectivity index (χ2n) is 4.58. The lowest BCUT2D eigenvalue weighted by Crippen LogP contribution is -2.30. The number of amides is 1. The summed E-state index contributed by atoms with van der Waals surface area (Å²) in [6.07, 6.45) is 0.845. The third-order valence-corrected chi connectivity index (χ3v) is 3.01. The first-order valence-electron chi connectivity index (χ1n) is 6.74. The average Bonchev–Trinajstić information content (AvgIpc) is 2.45. The molecule has 2 N–H and O–H groups in total. The van der Waals surface area contributed by atoms with Crippen LogP contribution in [0.1, 0.15) is 37.8 Å².